The van der Waals surface area contributed by atoms with Gasteiger partial charge in [0.05, 0.1) is 28.5 Å². The third kappa shape index (κ3) is 4.51. The van der Waals surface area contributed by atoms with Crippen LogP contribution in [0.3, 0.4) is 0 Å². The summed E-state index contributed by atoms with van der Waals surface area (Å²) in [6.07, 6.45) is 0. The van der Waals surface area contributed by atoms with Gasteiger partial charge in [0.25, 0.3) is 0 Å². The van der Waals surface area contributed by atoms with Gasteiger partial charge in [-0.15, -0.1) is 0 Å². The van der Waals surface area contributed by atoms with Gasteiger partial charge >= 0.3 is 0 Å². The second kappa shape index (κ2) is 9.43. The number of para-hydroxylation sites is 1. The van der Waals surface area contributed by atoms with E-state index in [1.807, 2.05) is 30.3 Å². The van der Waals surface area contributed by atoms with Crippen LogP contribution in [0.15, 0.2) is 54.6 Å². The lowest BCUT2D eigenvalue weighted by molar-refractivity contribution is 0.409. The van der Waals surface area contributed by atoms with Crippen molar-refractivity contribution in [3.8, 4) is 28.4 Å². The third-order valence-corrected chi connectivity index (χ3v) is 6.97. The largest absolute Gasteiger partial charge is 0.496 e. The first-order valence-electron chi connectivity index (χ1n) is 8.19. The van der Waals surface area contributed by atoms with Crippen molar-refractivity contribution >= 4 is 64.4 Å². The maximum absolute atomic E-state index is 5.69. The fraction of sp³-hybridized carbons (Fsp3) is 0.143. The Balaban J connectivity index is 2.12. The molecule has 3 nitrogen and oxygen atoms in total. The van der Waals surface area contributed by atoms with Crippen molar-refractivity contribution < 1.29 is 14.2 Å². The van der Waals surface area contributed by atoms with Gasteiger partial charge in [-0.1, -0.05) is 38.9 Å². The molecule has 3 aromatic rings. The Morgan fingerprint density at radius 1 is 0.741 bits per heavy atom. The highest BCUT2D eigenvalue weighted by atomic mass is 127. The van der Waals surface area contributed by atoms with E-state index in [0.29, 0.717) is 8.58 Å². The monoisotopic (exact) mass is 604 g/mol. The summed E-state index contributed by atoms with van der Waals surface area (Å²) in [5, 5.41) is 2.48. The van der Waals surface area contributed by atoms with E-state index in [1.54, 1.807) is 21.3 Å². The van der Waals surface area contributed by atoms with E-state index in [9.17, 15) is 0 Å². The van der Waals surface area contributed by atoms with Crippen molar-refractivity contribution in [1.82, 2.24) is 0 Å². The van der Waals surface area contributed by atoms with E-state index in [-0.39, 0.29) is 0 Å². The molecule has 3 aromatic carbocycles. The Hall–Kier alpha value is -1.05. The van der Waals surface area contributed by atoms with Gasteiger partial charge in [0.1, 0.15) is 17.2 Å². The molecule has 140 valence electrons. The molecule has 0 aliphatic heterocycles. The summed E-state index contributed by atoms with van der Waals surface area (Å²) >= 11 is 4.66. The summed E-state index contributed by atoms with van der Waals surface area (Å²) in [5.41, 5.74) is 2.12. The van der Waals surface area contributed by atoms with Crippen LogP contribution >= 0.6 is 53.8 Å². The zero-order valence-corrected chi connectivity index (χ0v) is 20.5. The first-order valence-corrected chi connectivity index (χ1v) is 11.3. The highest BCUT2D eigenvalue weighted by molar-refractivity contribution is 14.1. The van der Waals surface area contributed by atoms with Gasteiger partial charge in [0, 0.05) is 11.1 Å². The van der Waals surface area contributed by atoms with E-state index < -0.39 is 0 Å². The molecule has 27 heavy (non-hydrogen) atoms. The highest BCUT2D eigenvalue weighted by Crippen LogP contribution is 2.38. The van der Waals surface area contributed by atoms with Crippen molar-refractivity contribution in [2.45, 2.75) is 0 Å². The maximum atomic E-state index is 5.69. The molecule has 0 aliphatic carbocycles. The molecule has 0 amide bonds. The lowest BCUT2D eigenvalue weighted by Crippen LogP contribution is -2.10. The van der Waals surface area contributed by atoms with Crippen LogP contribution in [-0.2, 0) is 0 Å². The molecule has 0 heterocycles. The van der Waals surface area contributed by atoms with Crippen LogP contribution in [0.1, 0.15) is 0 Å². The smallest absolute Gasteiger partial charge is 0.145 e. The molecule has 1 unspecified atom stereocenters. The Morgan fingerprint density at radius 2 is 1.37 bits per heavy atom. The van der Waals surface area contributed by atoms with Gasteiger partial charge in [0.2, 0.25) is 0 Å². The zero-order chi connectivity index (χ0) is 19.4. The lowest BCUT2D eigenvalue weighted by atomic mass is 10.0. The molecule has 0 N–H and O–H groups in total. The number of hydrogen-bond donors (Lipinski definition) is 0. The summed E-state index contributed by atoms with van der Waals surface area (Å²) in [6.45, 7) is 0. The quantitative estimate of drug-likeness (QED) is 0.286. The molecule has 0 fully saturated rings. The molecule has 0 bridgehead atoms. The summed E-state index contributed by atoms with van der Waals surface area (Å²) < 4.78 is 19.0. The van der Waals surface area contributed by atoms with Gasteiger partial charge in [-0.3, -0.25) is 0 Å². The molecule has 0 aliphatic rings. The Labute approximate surface area is 188 Å². The van der Waals surface area contributed by atoms with Crippen LogP contribution in [0.2, 0.25) is 0 Å². The minimum Gasteiger partial charge on any atom is -0.496 e. The van der Waals surface area contributed by atoms with Gasteiger partial charge in [-0.2, -0.15) is 0 Å². The van der Waals surface area contributed by atoms with Crippen LogP contribution in [-0.4, -0.2) is 21.3 Å². The lowest BCUT2D eigenvalue weighted by Gasteiger charge is -2.17. The summed E-state index contributed by atoms with van der Waals surface area (Å²) in [7, 11) is 5.61. The molecule has 1 atom stereocenters. The average molecular weight is 604 g/mol. The minimum absolute atomic E-state index is 0.488. The van der Waals surface area contributed by atoms with Crippen molar-refractivity contribution in [3.63, 3.8) is 0 Å². The van der Waals surface area contributed by atoms with Crippen LogP contribution < -0.4 is 24.8 Å². The second-order valence-electron chi connectivity index (χ2n) is 5.68. The van der Waals surface area contributed by atoms with Crippen LogP contribution in [0, 0.1) is 7.14 Å². The Bertz CT molecular complexity index is 937. The van der Waals surface area contributed by atoms with E-state index >= 15 is 0 Å². The van der Waals surface area contributed by atoms with Crippen LogP contribution in [0.5, 0.6) is 17.2 Å². The predicted molar refractivity (Wildman–Crippen MR) is 131 cm³/mol. The topological polar surface area (TPSA) is 27.7 Å². The molecule has 3 rings (SSSR count). The Morgan fingerprint density at radius 3 is 2.00 bits per heavy atom. The molecule has 0 saturated heterocycles. The number of halogens is 2. The average Bonchev–Trinajstić information content (AvgIpc) is 2.67. The highest BCUT2D eigenvalue weighted by Gasteiger charge is 2.17. The summed E-state index contributed by atoms with van der Waals surface area (Å²) in [4.78, 5) is 0. The number of rotatable bonds is 6. The van der Waals surface area contributed by atoms with E-state index in [1.165, 1.54) is 10.6 Å². The first-order chi connectivity index (χ1) is 13.1. The van der Waals surface area contributed by atoms with Crippen molar-refractivity contribution in [3.05, 3.63) is 61.7 Å². The predicted octanol–water partition coefficient (Wildman–Crippen LogP) is 5.22. The zero-order valence-electron chi connectivity index (χ0n) is 15.2. The van der Waals surface area contributed by atoms with E-state index in [2.05, 4.69) is 69.4 Å². The number of benzene rings is 3. The molecule has 0 radical (unpaired) electrons. The minimum atomic E-state index is 0.488. The normalized spacial score (nSPS) is 11.0. The van der Waals surface area contributed by atoms with E-state index in [4.69, 9.17) is 14.2 Å². The molecule has 0 aromatic heterocycles. The number of ether oxygens (including phenoxy) is 3. The third-order valence-electron chi connectivity index (χ3n) is 4.10. The maximum Gasteiger partial charge on any atom is 0.145 e. The SMILES string of the molecule is COc1ccccc1-c1c(OC)cccc1Pc1cc(I)c(OC)c(I)c1. The van der Waals surface area contributed by atoms with Gasteiger partial charge in [0.15, 0.2) is 0 Å². The fourth-order valence-electron chi connectivity index (χ4n) is 2.92. The summed E-state index contributed by atoms with van der Waals surface area (Å²) in [5.74, 6) is 2.62. The first kappa shape index (κ1) is 20.7. The van der Waals surface area contributed by atoms with Crippen molar-refractivity contribution in [2.24, 2.45) is 0 Å². The molecule has 6 heteroatoms. The van der Waals surface area contributed by atoms with Gasteiger partial charge in [-0.05, 0) is 80.1 Å². The standard InChI is InChI=1S/C21H19I2O3P/c1-24-17-8-5-4-7-14(17)20-18(25-2)9-6-10-19(20)27-13-11-15(22)21(26-3)16(23)12-13/h4-12,27H,1-3H3. The summed E-state index contributed by atoms with van der Waals surface area (Å²) in [6, 6.07) is 18.6. The second-order valence-corrected chi connectivity index (χ2v) is 9.37. The van der Waals surface area contributed by atoms with Crippen molar-refractivity contribution in [1.29, 1.82) is 0 Å². The number of methoxy groups -OCH3 is 3. The van der Waals surface area contributed by atoms with Gasteiger partial charge < -0.3 is 14.2 Å². The van der Waals surface area contributed by atoms with Gasteiger partial charge in [-0.25, -0.2) is 0 Å². The van der Waals surface area contributed by atoms with E-state index in [0.717, 1.165) is 35.5 Å². The van der Waals surface area contributed by atoms with Crippen LogP contribution in [0.4, 0.5) is 0 Å². The molecule has 0 saturated carbocycles. The van der Waals surface area contributed by atoms with Crippen molar-refractivity contribution in [2.75, 3.05) is 21.3 Å². The Kier molecular flexibility index (Phi) is 7.22. The van der Waals surface area contributed by atoms with Crippen LogP contribution in [0.25, 0.3) is 11.1 Å². The fourth-order valence-corrected chi connectivity index (χ4v) is 7.02. The molecule has 0 spiro atoms. The molecular formula is C21H19I2O3P. The number of hydrogen-bond acceptors (Lipinski definition) is 3. The molecular weight excluding hydrogens is 585 g/mol.